The molecular weight excluding hydrogens is 532 g/mol. The molecule has 2 aliphatic heterocycles. The lowest BCUT2D eigenvalue weighted by Crippen LogP contribution is -2.52. The molecule has 0 spiro atoms. The van der Waals surface area contributed by atoms with Gasteiger partial charge in [-0.3, -0.25) is 29.2 Å². The predicted octanol–water partition coefficient (Wildman–Crippen LogP) is 3.62. The fraction of sp³-hybridized carbons (Fsp3) is 0.800. The van der Waals surface area contributed by atoms with Gasteiger partial charge in [0, 0.05) is 25.7 Å². The minimum atomic E-state index is -0.508. The second-order valence-corrected chi connectivity index (χ2v) is 14.3. The molecule has 8 bridgehead atoms. The summed E-state index contributed by atoms with van der Waals surface area (Å²) in [7, 11) is 0. The number of hydrogen-bond acceptors (Lipinski definition) is 8. The number of hydrogen-bond donors (Lipinski definition) is 2. The van der Waals surface area contributed by atoms with Gasteiger partial charge in [0.25, 0.3) is 23.6 Å². The molecule has 10 rings (SSSR count). The SMILES string of the molecule is O=C(O)C12CC3CC(CC(C3)C1)C2.O=C1CCC(=O)N1O.O=C1CCC(=O)N1OC(=O)C12CC3CC(CC(C3)C1)C2. The zero-order chi connectivity index (χ0) is 29.1. The predicted molar refractivity (Wildman–Crippen MR) is 139 cm³/mol. The summed E-state index contributed by atoms with van der Waals surface area (Å²) in [5.74, 6) is 1.56. The second kappa shape index (κ2) is 10.5. The van der Waals surface area contributed by atoms with E-state index in [1.807, 2.05) is 0 Å². The molecule has 224 valence electrons. The van der Waals surface area contributed by atoms with Crippen LogP contribution in [0, 0.1) is 46.3 Å². The molecule has 11 heteroatoms. The smallest absolute Gasteiger partial charge is 0.339 e. The van der Waals surface area contributed by atoms with E-state index in [9.17, 15) is 33.9 Å². The van der Waals surface area contributed by atoms with E-state index in [1.54, 1.807) is 0 Å². The number of amides is 4. The third kappa shape index (κ3) is 5.30. The molecule has 11 nitrogen and oxygen atoms in total. The van der Waals surface area contributed by atoms with Crippen molar-refractivity contribution in [2.45, 2.75) is 103 Å². The maximum atomic E-state index is 12.6. The zero-order valence-electron chi connectivity index (χ0n) is 23.4. The number of aliphatic carboxylic acids is 1. The summed E-state index contributed by atoms with van der Waals surface area (Å²) in [5.41, 5.74) is -0.702. The van der Waals surface area contributed by atoms with E-state index in [0.29, 0.717) is 22.8 Å². The first-order chi connectivity index (χ1) is 19.4. The van der Waals surface area contributed by atoms with Crippen LogP contribution in [0.1, 0.15) is 103 Å². The number of rotatable bonds is 3. The molecule has 2 N–H and O–H groups in total. The van der Waals surface area contributed by atoms with Crippen LogP contribution >= 0.6 is 0 Å². The van der Waals surface area contributed by atoms with E-state index in [4.69, 9.17) is 10.0 Å². The number of hydroxylamine groups is 4. The Kier molecular flexibility index (Phi) is 7.23. The van der Waals surface area contributed by atoms with Gasteiger partial charge in [-0.15, -0.1) is 5.06 Å². The van der Waals surface area contributed by atoms with E-state index in [-0.39, 0.29) is 53.9 Å². The summed E-state index contributed by atoms with van der Waals surface area (Å²) in [6.45, 7) is 0. The minimum Gasteiger partial charge on any atom is -0.481 e. The van der Waals surface area contributed by atoms with Crippen LogP contribution in [0.4, 0.5) is 0 Å². The summed E-state index contributed by atoms with van der Waals surface area (Å²) >= 11 is 0. The highest BCUT2D eigenvalue weighted by molar-refractivity contribution is 6.02. The lowest BCUT2D eigenvalue weighted by molar-refractivity contribution is -0.214. The average Bonchev–Trinajstić information content (AvgIpc) is 3.37. The highest BCUT2D eigenvalue weighted by Gasteiger charge is 2.57. The second-order valence-electron chi connectivity index (χ2n) is 14.3. The van der Waals surface area contributed by atoms with E-state index in [0.717, 1.165) is 56.3 Å². The maximum absolute atomic E-state index is 12.6. The third-order valence-electron chi connectivity index (χ3n) is 11.2. The van der Waals surface area contributed by atoms with Crippen LogP contribution < -0.4 is 0 Å². The van der Waals surface area contributed by atoms with Gasteiger partial charge in [-0.2, -0.15) is 5.06 Å². The number of carboxylic acid groups (broad SMARTS) is 1. The average molecular weight is 573 g/mol. The molecule has 8 aliphatic carbocycles. The van der Waals surface area contributed by atoms with Crippen molar-refractivity contribution in [3.8, 4) is 0 Å². The molecule has 0 atom stereocenters. The number of carbonyl (C=O) groups is 6. The van der Waals surface area contributed by atoms with Gasteiger partial charge in [-0.1, -0.05) is 0 Å². The molecule has 4 amide bonds. The monoisotopic (exact) mass is 572 g/mol. The van der Waals surface area contributed by atoms with Crippen LogP contribution in [0.5, 0.6) is 0 Å². The summed E-state index contributed by atoms with van der Waals surface area (Å²) in [5, 5.41) is 18.6. The molecule has 0 aromatic heterocycles. The van der Waals surface area contributed by atoms with Crippen molar-refractivity contribution in [1.29, 1.82) is 0 Å². The molecule has 0 aromatic carbocycles. The van der Waals surface area contributed by atoms with Crippen molar-refractivity contribution in [2.24, 2.45) is 46.3 Å². The van der Waals surface area contributed by atoms with Crippen LogP contribution in [-0.2, 0) is 33.6 Å². The highest BCUT2D eigenvalue weighted by atomic mass is 16.7. The van der Waals surface area contributed by atoms with Gasteiger partial charge in [-0.25, -0.2) is 4.79 Å². The Morgan fingerprint density at radius 3 is 1.20 bits per heavy atom. The van der Waals surface area contributed by atoms with Crippen LogP contribution in [-0.4, -0.2) is 56.0 Å². The Balaban J connectivity index is 0.000000123. The largest absolute Gasteiger partial charge is 0.481 e. The number of imide groups is 2. The van der Waals surface area contributed by atoms with E-state index >= 15 is 0 Å². The summed E-state index contributed by atoms with van der Waals surface area (Å²) in [4.78, 5) is 72.7. The summed E-state index contributed by atoms with van der Waals surface area (Å²) in [6.07, 6.45) is 13.9. The molecule has 2 heterocycles. The van der Waals surface area contributed by atoms with Crippen LogP contribution in [0.15, 0.2) is 0 Å². The van der Waals surface area contributed by atoms with Crippen molar-refractivity contribution < 1.29 is 43.9 Å². The van der Waals surface area contributed by atoms with Crippen molar-refractivity contribution in [3.05, 3.63) is 0 Å². The first-order valence-electron chi connectivity index (χ1n) is 15.3. The number of nitrogens with zero attached hydrogens (tertiary/aromatic N) is 2. The molecule has 41 heavy (non-hydrogen) atoms. The molecule has 8 saturated carbocycles. The van der Waals surface area contributed by atoms with Gasteiger partial charge < -0.3 is 9.94 Å². The van der Waals surface area contributed by atoms with Gasteiger partial charge >= 0.3 is 11.9 Å². The van der Waals surface area contributed by atoms with Crippen molar-refractivity contribution in [2.75, 3.05) is 0 Å². The lowest BCUT2D eigenvalue weighted by Gasteiger charge is -2.55. The first-order valence-corrected chi connectivity index (χ1v) is 15.3. The van der Waals surface area contributed by atoms with Crippen molar-refractivity contribution in [3.63, 3.8) is 0 Å². The molecule has 0 aromatic rings. The van der Waals surface area contributed by atoms with E-state index in [2.05, 4.69) is 0 Å². The summed E-state index contributed by atoms with van der Waals surface area (Å²) in [6, 6.07) is 0. The van der Waals surface area contributed by atoms with Gasteiger partial charge in [0.05, 0.1) is 10.8 Å². The Morgan fingerprint density at radius 1 is 0.585 bits per heavy atom. The molecule has 2 saturated heterocycles. The normalized spacial score (nSPS) is 41.3. The standard InChI is InChI=1S/C15H19NO4.C11H16O2.C4H5NO3/c17-12-1-2-13(18)16(12)20-14(19)15-6-9-3-10(7-15)5-11(4-9)8-15;12-10(13)11-4-7-1-8(5-11)3-9(2-7)6-11;6-3-1-2-4(7)5(3)8/h9-11H,1-8H2;7-9H,1-6H2,(H,12,13);8H,1-2H2. The Labute approximate surface area is 238 Å². The number of carboxylic acids is 1. The third-order valence-corrected chi connectivity index (χ3v) is 11.2. The fourth-order valence-corrected chi connectivity index (χ4v) is 10.1. The maximum Gasteiger partial charge on any atom is 0.339 e. The van der Waals surface area contributed by atoms with Gasteiger partial charge in [0.1, 0.15) is 0 Å². The van der Waals surface area contributed by atoms with Crippen molar-refractivity contribution in [1.82, 2.24) is 10.1 Å². The molecule has 0 unspecified atom stereocenters. The summed E-state index contributed by atoms with van der Waals surface area (Å²) < 4.78 is 0. The van der Waals surface area contributed by atoms with Gasteiger partial charge in [-0.05, 0) is 113 Å². The Bertz CT molecular complexity index is 1060. The van der Waals surface area contributed by atoms with E-state index < -0.39 is 23.2 Å². The molecule has 10 fully saturated rings. The fourth-order valence-electron chi connectivity index (χ4n) is 10.1. The zero-order valence-corrected chi connectivity index (χ0v) is 23.4. The Hall–Kier alpha value is -2.82. The van der Waals surface area contributed by atoms with Crippen LogP contribution in [0.2, 0.25) is 0 Å². The topological polar surface area (TPSA) is 159 Å². The minimum absolute atomic E-state index is 0.148. The van der Waals surface area contributed by atoms with Gasteiger partial charge in [0.15, 0.2) is 0 Å². The number of carbonyl (C=O) groups excluding carboxylic acids is 5. The molecular formula is C30H40N2O9. The van der Waals surface area contributed by atoms with Crippen LogP contribution in [0.3, 0.4) is 0 Å². The first kappa shape index (κ1) is 28.3. The lowest BCUT2D eigenvalue weighted by atomic mass is 9.49. The quantitative estimate of drug-likeness (QED) is 0.380. The Morgan fingerprint density at radius 2 is 0.902 bits per heavy atom. The molecule has 0 radical (unpaired) electrons. The van der Waals surface area contributed by atoms with E-state index in [1.165, 1.54) is 38.5 Å². The van der Waals surface area contributed by atoms with Gasteiger partial charge in [0.2, 0.25) is 0 Å². The molecule has 10 aliphatic rings. The van der Waals surface area contributed by atoms with Crippen molar-refractivity contribution >= 4 is 35.6 Å². The van der Waals surface area contributed by atoms with Crippen LogP contribution in [0.25, 0.3) is 0 Å². The highest BCUT2D eigenvalue weighted by Crippen LogP contribution is 2.61.